The van der Waals surface area contributed by atoms with Gasteiger partial charge in [-0.05, 0) is 29.3 Å². The number of benzene rings is 2. The molecule has 0 saturated carbocycles. The topological polar surface area (TPSA) is 69.5 Å². The zero-order valence-corrected chi connectivity index (χ0v) is 19.3. The minimum absolute atomic E-state index is 0.0848. The van der Waals surface area contributed by atoms with E-state index in [2.05, 4.69) is 39.8 Å². The van der Waals surface area contributed by atoms with Crippen molar-refractivity contribution in [1.82, 2.24) is 19.4 Å². The average Bonchev–Trinajstić information content (AvgIpc) is 3.17. The van der Waals surface area contributed by atoms with Gasteiger partial charge in [0.2, 0.25) is 5.88 Å². The maximum atomic E-state index is 12.2. The second-order valence-electron chi connectivity index (χ2n) is 8.75. The largest absolute Gasteiger partial charge is 0.471 e. The van der Waals surface area contributed by atoms with Crippen LogP contribution >= 0.6 is 0 Å². The van der Waals surface area contributed by atoms with Crippen LogP contribution in [0.4, 0.5) is 4.79 Å². The number of pyridine rings is 2. The Kier molecular flexibility index (Phi) is 5.29. The molecule has 7 nitrogen and oxygen atoms in total. The monoisotopic (exact) mass is 464 g/mol. The number of aromatic nitrogens is 3. The van der Waals surface area contributed by atoms with Crippen molar-refractivity contribution < 1.29 is 14.3 Å². The first-order valence-corrected chi connectivity index (χ1v) is 11.6. The molecule has 3 aromatic heterocycles. The number of hydrogen-bond acceptors (Lipinski definition) is 5. The lowest BCUT2D eigenvalue weighted by Gasteiger charge is -2.37. The molecule has 1 saturated heterocycles. The van der Waals surface area contributed by atoms with Gasteiger partial charge in [-0.3, -0.25) is 4.98 Å². The molecule has 1 fully saturated rings. The number of hydrogen-bond donors (Lipinski definition) is 0. The van der Waals surface area contributed by atoms with E-state index < -0.39 is 0 Å². The van der Waals surface area contributed by atoms with E-state index in [4.69, 9.17) is 9.47 Å². The van der Waals surface area contributed by atoms with Gasteiger partial charge in [-0.2, -0.15) is 0 Å². The van der Waals surface area contributed by atoms with Gasteiger partial charge in [-0.1, -0.05) is 42.5 Å². The number of likely N-dealkylation sites (tertiary alicyclic amines) is 1. The molecule has 0 radical (unpaired) electrons. The molecule has 5 aromatic rings. The normalized spacial score (nSPS) is 13.7. The van der Waals surface area contributed by atoms with Crippen LogP contribution in [0.2, 0.25) is 0 Å². The summed E-state index contributed by atoms with van der Waals surface area (Å²) < 4.78 is 13.5. The Labute approximate surface area is 202 Å². The minimum Gasteiger partial charge on any atom is -0.471 e. The van der Waals surface area contributed by atoms with E-state index in [1.807, 2.05) is 67.1 Å². The SMILES string of the molecule is Cn1c2ccncc2c2ccc(-c3ccc(OC4CN(C(=O)OCc5ccccc5)C4)nc3)cc21. The summed E-state index contributed by atoms with van der Waals surface area (Å²) in [7, 11) is 2.07. The van der Waals surface area contributed by atoms with Crippen molar-refractivity contribution >= 4 is 27.9 Å². The summed E-state index contributed by atoms with van der Waals surface area (Å²) in [4.78, 5) is 22.6. The highest BCUT2D eigenvalue weighted by Gasteiger charge is 2.33. The maximum Gasteiger partial charge on any atom is 0.410 e. The van der Waals surface area contributed by atoms with Gasteiger partial charge in [-0.25, -0.2) is 9.78 Å². The molecule has 1 aliphatic rings. The lowest BCUT2D eigenvalue weighted by molar-refractivity contribution is 0.00680. The second-order valence-corrected chi connectivity index (χ2v) is 8.75. The number of fused-ring (bicyclic) bond motifs is 3. The molecule has 7 heteroatoms. The number of carbonyl (C=O) groups is 1. The molecular formula is C28H24N4O3. The molecule has 0 unspecified atom stereocenters. The molecular weight excluding hydrogens is 440 g/mol. The lowest BCUT2D eigenvalue weighted by atomic mass is 10.1. The van der Waals surface area contributed by atoms with Gasteiger partial charge in [0, 0.05) is 53.6 Å². The Hall–Kier alpha value is -4.39. The first-order valence-electron chi connectivity index (χ1n) is 11.6. The van der Waals surface area contributed by atoms with Crippen LogP contribution in [-0.4, -0.2) is 44.7 Å². The highest BCUT2D eigenvalue weighted by atomic mass is 16.6. The molecule has 174 valence electrons. The van der Waals surface area contributed by atoms with Gasteiger partial charge in [0.25, 0.3) is 0 Å². The summed E-state index contributed by atoms with van der Waals surface area (Å²) in [6.07, 6.45) is 5.15. The third kappa shape index (κ3) is 4.05. The fourth-order valence-corrected chi connectivity index (χ4v) is 4.50. The Bertz CT molecular complexity index is 1510. The zero-order chi connectivity index (χ0) is 23.8. The molecule has 0 aliphatic carbocycles. The van der Waals surface area contributed by atoms with Crippen molar-refractivity contribution in [2.24, 2.45) is 7.05 Å². The van der Waals surface area contributed by atoms with E-state index in [1.165, 1.54) is 5.39 Å². The number of nitrogens with zero attached hydrogens (tertiary/aromatic N) is 4. The van der Waals surface area contributed by atoms with Crippen LogP contribution in [-0.2, 0) is 18.4 Å². The van der Waals surface area contributed by atoms with Crippen LogP contribution in [0.25, 0.3) is 32.9 Å². The van der Waals surface area contributed by atoms with E-state index in [1.54, 1.807) is 4.90 Å². The van der Waals surface area contributed by atoms with Gasteiger partial charge >= 0.3 is 6.09 Å². The number of ether oxygens (including phenoxy) is 2. The second kappa shape index (κ2) is 8.76. The van der Waals surface area contributed by atoms with Crippen LogP contribution in [0.1, 0.15) is 5.56 Å². The Morgan fingerprint density at radius 3 is 2.57 bits per heavy atom. The fraction of sp³-hybridized carbons (Fsp3) is 0.179. The fourth-order valence-electron chi connectivity index (χ4n) is 4.50. The molecule has 0 bridgehead atoms. The van der Waals surface area contributed by atoms with Crippen LogP contribution in [0, 0.1) is 0 Å². The molecule has 1 amide bonds. The van der Waals surface area contributed by atoms with E-state index in [0.717, 1.165) is 33.1 Å². The van der Waals surface area contributed by atoms with Gasteiger partial charge in [0.15, 0.2) is 0 Å². The van der Waals surface area contributed by atoms with Gasteiger partial charge in [0.05, 0.1) is 18.6 Å². The maximum absolute atomic E-state index is 12.2. The average molecular weight is 465 g/mol. The van der Waals surface area contributed by atoms with Crippen molar-refractivity contribution in [3.8, 4) is 17.0 Å². The molecule has 0 spiro atoms. The van der Waals surface area contributed by atoms with Crippen molar-refractivity contribution in [3.63, 3.8) is 0 Å². The van der Waals surface area contributed by atoms with Crippen molar-refractivity contribution in [1.29, 1.82) is 0 Å². The number of carbonyl (C=O) groups excluding carboxylic acids is 1. The third-order valence-corrected chi connectivity index (χ3v) is 6.48. The summed E-state index contributed by atoms with van der Waals surface area (Å²) in [6.45, 7) is 1.25. The van der Waals surface area contributed by atoms with Crippen molar-refractivity contribution in [2.75, 3.05) is 13.1 Å². The van der Waals surface area contributed by atoms with Crippen molar-refractivity contribution in [2.45, 2.75) is 12.7 Å². The van der Waals surface area contributed by atoms with E-state index in [-0.39, 0.29) is 18.8 Å². The molecule has 6 rings (SSSR count). The first kappa shape index (κ1) is 21.2. The summed E-state index contributed by atoms with van der Waals surface area (Å²) in [5, 5.41) is 2.33. The molecule has 0 atom stereocenters. The Morgan fingerprint density at radius 2 is 1.77 bits per heavy atom. The van der Waals surface area contributed by atoms with Gasteiger partial charge in [0.1, 0.15) is 12.7 Å². The van der Waals surface area contributed by atoms with Crippen LogP contribution in [0.5, 0.6) is 5.88 Å². The number of rotatable bonds is 5. The summed E-state index contributed by atoms with van der Waals surface area (Å²) in [6, 6.07) is 22.0. The minimum atomic E-state index is -0.323. The Morgan fingerprint density at radius 1 is 0.943 bits per heavy atom. The van der Waals surface area contributed by atoms with E-state index in [0.29, 0.717) is 19.0 Å². The van der Waals surface area contributed by atoms with Crippen LogP contribution < -0.4 is 4.74 Å². The summed E-state index contributed by atoms with van der Waals surface area (Å²) in [5.74, 6) is 0.549. The number of amides is 1. The predicted molar refractivity (Wildman–Crippen MR) is 134 cm³/mol. The molecule has 35 heavy (non-hydrogen) atoms. The quantitative estimate of drug-likeness (QED) is 0.358. The molecule has 2 aromatic carbocycles. The van der Waals surface area contributed by atoms with Crippen molar-refractivity contribution in [3.05, 3.63) is 90.9 Å². The Balaban J connectivity index is 1.08. The van der Waals surface area contributed by atoms with E-state index >= 15 is 0 Å². The predicted octanol–water partition coefficient (Wildman–Crippen LogP) is 5.19. The molecule has 0 N–H and O–H groups in total. The van der Waals surface area contributed by atoms with Gasteiger partial charge in [-0.15, -0.1) is 0 Å². The molecule has 4 heterocycles. The highest BCUT2D eigenvalue weighted by Crippen LogP contribution is 2.31. The number of aryl methyl sites for hydroxylation is 1. The zero-order valence-electron chi connectivity index (χ0n) is 19.3. The highest BCUT2D eigenvalue weighted by molar-refractivity contribution is 6.08. The van der Waals surface area contributed by atoms with Crippen LogP contribution in [0.15, 0.2) is 85.3 Å². The smallest absolute Gasteiger partial charge is 0.410 e. The lowest BCUT2D eigenvalue weighted by Crippen LogP contribution is -2.56. The van der Waals surface area contributed by atoms with Gasteiger partial charge < -0.3 is 18.9 Å². The third-order valence-electron chi connectivity index (χ3n) is 6.48. The standard InChI is InChI=1S/C28H24N4O3/c1-31-25-11-12-29-15-24(25)23-9-7-20(13-26(23)31)21-8-10-27(30-14-21)35-22-16-32(17-22)28(33)34-18-19-5-3-2-4-6-19/h2-15,22H,16-18H2,1H3. The summed E-state index contributed by atoms with van der Waals surface area (Å²) >= 11 is 0. The van der Waals surface area contributed by atoms with Crippen LogP contribution in [0.3, 0.4) is 0 Å². The first-order chi connectivity index (χ1) is 17.2. The van der Waals surface area contributed by atoms with E-state index in [9.17, 15) is 4.79 Å². The molecule has 1 aliphatic heterocycles. The summed E-state index contributed by atoms with van der Waals surface area (Å²) in [5.41, 5.74) is 5.39.